The standard InChI is InChI=1S/C14H15N5.C7H6O/c1-17-13-5-4-10(6-12(13)7-15)2-3-11-8-18-14(16)19-9-11;8-6-7-4-2-1-3-5-7/h2-9,15,17H,1H3,(H2,16,18,19);1-6H/b3-2+,15-7?;. The summed E-state index contributed by atoms with van der Waals surface area (Å²) in [6.07, 6.45) is 9.34. The number of hydrogen-bond acceptors (Lipinski definition) is 6. The molecule has 0 bridgehead atoms. The van der Waals surface area contributed by atoms with Gasteiger partial charge in [0, 0.05) is 48.0 Å². The number of benzene rings is 2. The second-order valence-electron chi connectivity index (χ2n) is 5.48. The molecule has 3 aromatic rings. The van der Waals surface area contributed by atoms with Crippen LogP contribution in [0.25, 0.3) is 12.2 Å². The molecule has 1 aromatic heterocycles. The molecule has 6 nitrogen and oxygen atoms in total. The number of nitrogens with one attached hydrogen (secondary N) is 2. The number of hydrogen-bond donors (Lipinski definition) is 3. The van der Waals surface area contributed by atoms with Crippen molar-refractivity contribution in [1.82, 2.24) is 9.97 Å². The third-order valence-corrected chi connectivity index (χ3v) is 3.60. The van der Waals surface area contributed by atoms with Gasteiger partial charge in [-0.05, 0) is 17.7 Å². The third-order valence-electron chi connectivity index (χ3n) is 3.60. The quantitative estimate of drug-likeness (QED) is 0.475. The Labute approximate surface area is 158 Å². The Balaban J connectivity index is 0.000000273. The van der Waals surface area contributed by atoms with E-state index in [1.54, 1.807) is 24.5 Å². The fourth-order valence-corrected chi connectivity index (χ4v) is 2.19. The largest absolute Gasteiger partial charge is 0.388 e. The fraction of sp³-hybridized carbons (Fsp3) is 0.0476. The zero-order chi connectivity index (χ0) is 19.5. The van der Waals surface area contributed by atoms with Gasteiger partial charge in [0.2, 0.25) is 5.95 Å². The Kier molecular flexibility index (Phi) is 7.41. The molecule has 0 amide bonds. The van der Waals surface area contributed by atoms with Gasteiger partial charge in [0.05, 0.1) is 0 Å². The second-order valence-corrected chi connectivity index (χ2v) is 5.48. The Morgan fingerprint density at radius 1 is 0.963 bits per heavy atom. The molecule has 0 atom stereocenters. The van der Waals surface area contributed by atoms with E-state index in [-0.39, 0.29) is 5.95 Å². The van der Waals surface area contributed by atoms with Crippen molar-refractivity contribution in [2.45, 2.75) is 0 Å². The Morgan fingerprint density at radius 2 is 1.63 bits per heavy atom. The maximum atomic E-state index is 10.0. The predicted octanol–water partition coefficient (Wildman–Crippen LogP) is 3.77. The highest BCUT2D eigenvalue weighted by molar-refractivity contribution is 5.87. The minimum absolute atomic E-state index is 0.265. The van der Waals surface area contributed by atoms with Crippen molar-refractivity contribution in [3.05, 3.63) is 83.2 Å². The van der Waals surface area contributed by atoms with Gasteiger partial charge in [-0.25, -0.2) is 9.97 Å². The van der Waals surface area contributed by atoms with Crippen LogP contribution < -0.4 is 11.1 Å². The maximum absolute atomic E-state index is 10.0. The predicted molar refractivity (Wildman–Crippen MR) is 111 cm³/mol. The van der Waals surface area contributed by atoms with E-state index in [2.05, 4.69) is 15.3 Å². The van der Waals surface area contributed by atoms with Gasteiger partial charge < -0.3 is 16.5 Å². The molecule has 0 aliphatic rings. The smallest absolute Gasteiger partial charge is 0.219 e. The minimum Gasteiger partial charge on any atom is -0.388 e. The molecule has 27 heavy (non-hydrogen) atoms. The van der Waals surface area contributed by atoms with Crippen LogP contribution in [-0.4, -0.2) is 29.5 Å². The first-order valence-electron chi connectivity index (χ1n) is 8.24. The highest BCUT2D eigenvalue weighted by Crippen LogP contribution is 2.17. The van der Waals surface area contributed by atoms with Crippen LogP contribution in [-0.2, 0) is 0 Å². The zero-order valence-electron chi connectivity index (χ0n) is 15.0. The van der Waals surface area contributed by atoms with Gasteiger partial charge in [0.25, 0.3) is 0 Å². The van der Waals surface area contributed by atoms with Crippen LogP contribution in [0.1, 0.15) is 27.0 Å². The van der Waals surface area contributed by atoms with Gasteiger partial charge >= 0.3 is 0 Å². The summed E-state index contributed by atoms with van der Waals surface area (Å²) in [4.78, 5) is 17.8. The van der Waals surface area contributed by atoms with Crippen molar-refractivity contribution >= 4 is 36.3 Å². The molecule has 0 spiro atoms. The van der Waals surface area contributed by atoms with Gasteiger partial charge in [-0.15, -0.1) is 0 Å². The summed E-state index contributed by atoms with van der Waals surface area (Å²) in [5.74, 6) is 0.265. The summed E-state index contributed by atoms with van der Waals surface area (Å²) < 4.78 is 0. The lowest BCUT2D eigenvalue weighted by molar-refractivity contribution is 0.112. The molecule has 136 valence electrons. The van der Waals surface area contributed by atoms with Gasteiger partial charge in [-0.1, -0.05) is 48.6 Å². The molecule has 0 saturated carbocycles. The molecule has 1 heterocycles. The first-order chi connectivity index (χ1) is 13.2. The molecular formula is C21H21N5O. The number of rotatable bonds is 5. The normalized spacial score (nSPS) is 9.96. The molecule has 2 aromatic carbocycles. The highest BCUT2D eigenvalue weighted by Gasteiger charge is 1.98. The monoisotopic (exact) mass is 359 g/mol. The van der Waals surface area contributed by atoms with E-state index in [9.17, 15) is 4.79 Å². The number of aromatic nitrogens is 2. The Hall–Kier alpha value is -3.80. The lowest BCUT2D eigenvalue weighted by atomic mass is 10.1. The van der Waals surface area contributed by atoms with Crippen molar-refractivity contribution < 1.29 is 4.79 Å². The van der Waals surface area contributed by atoms with Crippen LogP contribution in [0.15, 0.2) is 60.9 Å². The molecular weight excluding hydrogens is 338 g/mol. The zero-order valence-corrected chi connectivity index (χ0v) is 15.0. The van der Waals surface area contributed by atoms with E-state index < -0.39 is 0 Å². The topological polar surface area (TPSA) is 105 Å². The lowest BCUT2D eigenvalue weighted by Crippen LogP contribution is -1.94. The molecule has 0 aliphatic heterocycles. The summed E-state index contributed by atoms with van der Waals surface area (Å²) in [6, 6.07) is 15.0. The molecule has 4 N–H and O–H groups in total. The van der Waals surface area contributed by atoms with Crippen molar-refractivity contribution in [1.29, 1.82) is 5.41 Å². The fourth-order valence-electron chi connectivity index (χ4n) is 2.19. The Morgan fingerprint density at radius 3 is 2.19 bits per heavy atom. The van der Waals surface area contributed by atoms with Crippen LogP contribution in [0, 0.1) is 5.41 Å². The average Bonchev–Trinajstić information content (AvgIpc) is 2.74. The number of aldehydes is 1. The van der Waals surface area contributed by atoms with Crippen LogP contribution in [0.5, 0.6) is 0 Å². The molecule has 0 aliphatic carbocycles. The van der Waals surface area contributed by atoms with E-state index in [1.807, 2.05) is 55.6 Å². The average molecular weight is 359 g/mol. The number of carbonyl (C=O) groups is 1. The van der Waals surface area contributed by atoms with Crippen molar-refractivity contribution in [2.75, 3.05) is 18.1 Å². The van der Waals surface area contributed by atoms with Crippen LogP contribution in [0.3, 0.4) is 0 Å². The summed E-state index contributed by atoms with van der Waals surface area (Å²) in [5, 5.41) is 10.4. The van der Waals surface area contributed by atoms with E-state index in [1.165, 1.54) is 6.21 Å². The van der Waals surface area contributed by atoms with Gasteiger partial charge in [0.1, 0.15) is 6.29 Å². The first-order valence-corrected chi connectivity index (χ1v) is 8.24. The van der Waals surface area contributed by atoms with Gasteiger partial charge in [0.15, 0.2) is 0 Å². The Bertz CT molecular complexity index is 906. The van der Waals surface area contributed by atoms with Crippen LogP contribution in [0.2, 0.25) is 0 Å². The summed E-state index contributed by atoms with van der Waals surface area (Å²) >= 11 is 0. The molecule has 0 unspecified atom stereocenters. The van der Waals surface area contributed by atoms with Crippen LogP contribution in [0.4, 0.5) is 11.6 Å². The molecule has 0 fully saturated rings. The second kappa shape index (κ2) is 10.2. The number of nitrogen functional groups attached to an aromatic ring is 1. The van der Waals surface area contributed by atoms with E-state index in [0.29, 0.717) is 0 Å². The molecule has 0 radical (unpaired) electrons. The van der Waals surface area contributed by atoms with Gasteiger partial charge in [-0.2, -0.15) is 0 Å². The maximum Gasteiger partial charge on any atom is 0.219 e. The van der Waals surface area contributed by atoms with E-state index in [0.717, 1.165) is 34.2 Å². The summed E-state index contributed by atoms with van der Waals surface area (Å²) in [6.45, 7) is 0. The number of nitrogens with two attached hydrogens (primary N) is 1. The first kappa shape index (κ1) is 19.5. The lowest BCUT2D eigenvalue weighted by Gasteiger charge is -2.05. The van der Waals surface area contributed by atoms with Crippen molar-refractivity contribution in [3.63, 3.8) is 0 Å². The minimum atomic E-state index is 0.265. The van der Waals surface area contributed by atoms with E-state index in [4.69, 9.17) is 11.1 Å². The third kappa shape index (κ3) is 6.21. The van der Waals surface area contributed by atoms with Crippen LogP contribution >= 0.6 is 0 Å². The number of carbonyl (C=O) groups excluding carboxylic acids is 1. The summed E-state index contributed by atoms with van der Waals surface area (Å²) in [7, 11) is 1.84. The SMILES string of the molecule is CNc1ccc(/C=C/c2cnc(N)nc2)cc1C=N.O=Cc1ccccc1. The number of anilines is 2. The highest BCUT2D eigenvalue weighted by atomic mass is 16.1. The summed E-state index contributed by atoms with van der Waals surface area (Å²) in [5.41, 5.74) is 9.82. The van der Waals surface area contributed by atoms with Crippen molar-refractivity contribution in [3.8, 4) is 0 Å². The molecule has 0 saturated heterocycles. The number of nitrogens with zero attached hydrogens (tertiary/aromatic N) is 2. The van der Waals surface area contributed by atoms with Gasteiger partial charge in [-0.3, -0.25) is 4.79 Å². The molecule has 3 rings (SSSR count). The molecule has 6 heteroatoms. The van der Waals surface area contributed by atoms with Crippen molar-refractivity contribution in [2.24, 2.45) is 0 Å². The van der Waals surface area contributed by atoms with E-state index >= 15 is 0 Å².